The number of hydrogen-bond acceptors (Lipinski definition) is 5. The van der Waals surface area contributed by atoms with Gasteiger partial charge in [0.15, 0.2) is 5.43 Å². The van der Waals surface area contributed by atoms with Gasteiger partial charge in [0.2, 0.25) is 5.88 Å². The quantitative estimate of drug-likeness (QED) is 0.441. The topological polar surface area (TPSA) is 65.4 Å². The molecule has 1 N–H and O–H groups in total. The predicted molar refractivity (Wildman–Crippen MR) is 117 cm³/mol. The number of ether oxygens (including phenoxy) is 2. The van der Waals surface area contributed by atoms with Gasteiger partial charge in [-0.1, -0.05) is 37.4 Å². The molecule has 6 nitrogen and oxygen atoms in total. The summed E-state index contributed by atoms with van der Waals surface area (Å²) in [6.45, 7) is 8.34. The molecule has 0 aliphatic carbocycles. The minimum Gasteiger partial charge on any atom is -0.475 e. The Balaban J connectivity index is 2.23. The standard InChI is InChI=1S/C23H23N3O3/c1-4-9-17(5-2)25-22-15-21(27)19-16-24-23(29-13-12-28-3)14-20(19)26(22)18-10-7-6-8-11-18/h4-11,14-16,25H,1-2,12-13H2,3H3/b17-9+. The molecule has 3 rings (SSSR count). The molecule has 6 heteroatoms. The maximum absolute atomic E-state index is 12.8. The third-order valence-electron chi connectivity index (χ3n) is 4.21. The van der Waals surface area contributed by atoms with Crippen LogP contribution in [0, 0.1) is 0 Å². The summed E-state index contributed by atoms with van der Waals surface area (Å²) in [4.78, 5) is 17.0. The molecular formula is C23H23N3O3. The first-order chi connectivity index (χ1) is 14.2. The second-order valence-electron chi connectivity index (χ2n) is 6.13. The number of rotatable bonds is 9. The maximum Gasteiger partial charge on any atom is 0.215 e. The zero-order valence-corrected chi connectivity index (χ0v) is 16.3. The Labute approximate surface area is 169 Å². The van der Waals surface area contributed by atoms with Crippen molar-refractivity contribution in [3.8, 4) is 11.6 Å². The van der Waals surface area contributed by atoms with E-state index in [-0.39, 0.29) is 5.43 Å². The van der Waals surface area contributed by atoms with Gasteiger partial charge < -0.3 is 14.8 Å². The van der Waals surface area contributed by atoms with Crippen molar-refractivity contribution in [3.63, 3.8) is 0 Å². The third kappa shape index (κ3) is 4.62. The highest BCUT2D eigenvalue weighted by Gasteiger charge is 2.13. The largest absolute Gasteiger partial charge is 0.475 e. The number of nitrogens with zero attached hydrogens (tertiary/aromatic N) is 2. The van der Waals surface area contributed by atoms with Gasteiger partial charge in [-0.3, -0.25) is 9.36 Å². The van der Waals surface area contributed by atoms with Gasteiger partial charge in [0.1, 0.15) is 12.4 Å². The minimum atomic E-state index is -0.146. The van der Waals surface area contributed by atoms with Gasteiger partial charge in [-0.25, -0.2) is 4.98 Å². The Hall–Kier alpha value is -3.64. The summed E-state index contributed by atoms with van der Waals surface area (Å²) in [5.41, 5.74) is 2.13. The van der Waals surface area contributed by atoms with Gasteiger partial charge in [-0.15, -0.1) is 0 Å². The molecule has 0 amide bonds. The summed E-state index contributed by atoms with van der Waals surface area (Å²) in [5, 5.41) is 3.75. The van der Waals surface area contributed by atoms with Crippen LogP contribution < -0.4 is 15.5 Å². The average molecular weight is 389 g/mol. The summed E-state index contributed by atoms with van der Waals surface area (Å²) in [7, 11) is 1.61. The number of anilines is 1. The van der Waals surface area contributed by atoms with Gasteiger partial charge in [0.05, 0.1) is 17.5 Å². The molecule has 0 saturated carbocycles. The van der Waals surface area contributed by atoms with Crippen molar-refractivity contribution in [1.82, 2.24) is 9.55 Å². The van der Waals surface area contributed by atoms with E-state index in [4.69, 9.17) is 9.47 Å². The summed E-state index contributed by atoms with van der Waals surface area (Å²) >= 11 is 0. The Bertz CT molecular complexity index is 1100. The van der Waals surface area contributed by atoms with Crippen LogP contribution in [0.5, 0.6) is 5.88 Å². The lowest BCUT2D eigenvalue weighted by Crippen LogP contribution is -2.14. The Morgan fingerprint density at radius 1 is 1.21 bits per heavy atom. The Kier molecular flexibility index (Phi) is 6.60. The number of fused-ring (bicyclic) bond motifs is 1. The predicted octanol–water partition coefficient (Wildman–Crippen LogP) is 4.08. The molecule has 2 aromatic heterocycles. The summed E-state index contributed by atoms with van der Waals surface area (Å²) in [5.74, 6) is 1.01. The normalized spacial score (nSPS) is 11.3. The molecule has 0 aliphatic heterocycles. The van der Waals surface area contributed by atoms with E-state index < -0.39 is 0 Å². The number of allylic oxidation sites excluding steroid dienone is 3. The molecule has 0 spiro atoms. The third-order valence-corrected chi connectivity index (χ3v) is 4.21. The highest BCUT2D eigenvalue weighted by molar-refractivity contribution is 5.83. The summed E-state index contributed by atoms with van der Waals surface area (Å²) in [6, 6.07) is 13.0. The lowest BCUT2D eigenvalue weighted by Gasteiger charge is -2.19. The van der Waals surface area contributed by atoms with Crippen molar-refractivity contribution in [2.24, 2.45) is 0 Å². The zero-order chi connectivity index (χ0) is 20.6. The van der Waals surface area contributed by atoms with E-state index in [0.29, 0.717) is 41.5 Å². The van der Waals surface area contributed by atoms with Gasteiger partial charge in [0.25, 0.3) is 0 Å². The van der Waals surface area contributed by atoms with Crippen molar-refractivity contribution in [2.45, 2.75) is 0 Å². The van der Waals surface area contributed by atoms with Gasteiger partial charge >= 0.3 is 0 Å². The lowest BCUT2D eigenvalue weighted by molar-refractivity contribution is 0.144. The fraction of sp³-hybridized carbons (Fsp3) is 0.130. The van der Waals surface area contributed by atoms with Crippen LogP contribution in [-0.4, -0.2) is 29.9 Å². The molecule has 0 radical (unpaired) electrons. The number of methoxy groups -OCH3 is 1. The minimum absolute atomic E-state index is 0.146. The van der Waals surface area contributed by atoms with Crippen LogP contribution in [-0.2, 0) is 4.74 Å². The van der Waals surface area contributed by atoms with E-state index in [9.17, 15) is 4.79 Å². The van der Waals surface area contributed by atoms with Crippen LogP contribution in [0.3, 0.4) is 0 Å². The average Bonchev–Trinajstić information content (AvgIpc) is 2.74. The van der Waals surface area contributed by atoms with E-state index in [0.717, 1.165) is 5.69 Å². The fourth-order valence-corrected chi connectivity index (χ4v) is 2.89. The highest BCUT2D eigenvalue weighted by atomic mass is 16.5. The van der Waals surface area contributed by atoms with Crippen LogP contribution in [0.1, 0.15) is 0 Å². The molecule has 0 unspecified atom stereocenters. The van der Waals surface area contributed by atoms with Crippen LogP contribution in [0.2, 0.25) is 0 Å². The monoisotopic (exact) mass is 389 g/mol. The van der Waals surface area contributed by atoms with E-state index in [1.165, 1.54) is 6.20 Å². The first kappa shape index (κ1) is 20.1. The van der Waals surface area contributed by atoms with Gasteiger partial charge in [0, 0.05) is 36.8 Å². The van der Waals surface area contributed by atoms with Crippen LogP contribution in [0.15, 0.2) is 90.5 Å². The lowest BCUT2D eigenvalue weighted by atomic mass is 10.2. The van der Waals surface area contributed by atoms with E-state index in [1.54, 1.807) is 37.5 Å². The molecular weight excluding hydrogens is 366 g/mol. The maximum atomic E-state index is 12.8. The summed E-state index contributed by atoms with van der Waals surface area (Å²) in [6.07, 6.45) is 6.64. The second kappa shape index (κ2) is 9.52. The number of para-hydroxylation sites is 1. The van der Waals surface area contributed by atoms with E-state index in [2.05, 4.69) is 23.5 Å². The molecule has 0 bridgehead atoms. The highest BCUT2D eigenvalue weighted by Crippen LogP contribution is 2.25. The molecule has 2 heterocycles. The van der Waals surface area contributed by atoms with Crippen molar-refractivity contribution < 1.29 is 9.47 Å². The second-order valence-corrected chi connectivity index (χ2v) is 6.13. The molecule has 0 saturated heterocycles. The van der Waals surface area contributed by atoms with Crippen molar-refractivity contribution in [2.75, 3.05) is 25.6 Å². The van der Waals surface area contributed by atoms with Gasteiger partial charge in [-0.2, -0.15) is 0 Å². The smallest absolute Gasteiger partial charge is 0.215 e. The summed E-state index contributed by atoms with van der Waals surface area (Å²) < 4.78 is 12.6. The van der Waals surface area contributed by atoms with Crippen LogP contribution in [0.4, 0.5) is 5.82 Å². The van der Waals surface area contributed by atoms with Crippen LogP contribution >= 0.6 is 0 Å². The number of hydrogen-bond donors (Lipinski definition) is 1. The van der Waals surface area contributed by atoms with Gasteiger partial charge in [-0.05, 0) is 24.3 Å². The first-order valence-corrected chi connectivity index (χ1v) is 9.13. The van der Waals surface area contributed by atoms with Crippen molar-refractivity contribution in [1.29, 1.82) is 0 Å². The van der Waals surface area contributed by atoms with E-state index in [1.807, 2.05) is 34.9 Å². The van der Waals surface area contributed by atoms with Crippen LogP contribution in [0.25, 0.3) is 16.6 Å². The fourth-order valence-electron chi connectivity index (χ4n) is 2.89. The molecule has 0 atom stereocenters. The molecule has 148 valence electrons. The SMILES string of the molecule is C=C/C=C(\C=C)Nc1cc(=O)c2cnc(OCCOC)cc2n1-c1ccccc1. The Morgan fingerprint density at radius 3 is 2.69 bits per heavy atom. The molecule has 0 aliphatic rings. The number of benzene rings is 1. The number of pyridine rings is 2. The molecule has 0 fully saturated rings. The molecule has 3 aromatic rings. The Morgan fingerprint density at radius 2 is 2.00 bits per heavy atom. The molecule has 1 aromatic carbocycles. The number of aromatic nitrogens is 2. The molecule has 29 heavy (non-hydrogen) atoms. The van der Waals surface area contributed by atoms with E-state index >= 15 is 0 Å². The van der Waals surface area contributed by atoms with Crippen molar-refractivity contribution in [3.05, 3.63) is 96.0 Å². The first-order valence-electron chi connectivity index (χ1n) is 9.13. The zero-order valence-electron chi connectivity index (χ0n) is 16.3. The van der Waals surface area contributed by atoms with Crippen molar-refractivity contribution >= 4 is 16.7 Å². The number of nitrogens with one attached hydrogen (secondary N) is 1.